The number of rotatable bonds is 12. The monoisotopic (exact) mass is 448 g/mol. The first-order chi connectivity index (χ1) is 16.0. The molecule has 33 heavy (non-hydrogen) atoms. The Morgan fingerprint density at radius 3 is 2.42 bits per heavy atom. The summed E-state index contributed by atoms with van der Waals surface area (Å²) in [6.45, 7) is 9.82. The van der Waals surface area contributed by atoms with Gasteiger partial charge in [-0.25, -0.2) is 0 Å². The second-order valence-corrected chi connectivity index (χ2v) is 9.04. The number of allylic oxidation sites excluding steroid dienone is 1. The lowest BCUT2D eigenvalue weighted by Crippen LogP contribution is -2.11. The fourth-order valence-corrected chi connectivity index (χ4v) is 4.65. The molecule has 0 fully saturated rings. The number of fused-ring (bicyclic) bond motifs is 1. The van der Waals surface area contributed by atoms with E-state index in [4.69, 9.17) is 9.47 Å². The molecule has 0 amide bonds. The van der Waals surface area contributed by atoms with Gasteiger partial charge < -0.3 is 20.1 Å². The molecule has 3 rings (SSSR count). The van der Waals surface area contributed by atoms with Crippen LogP contribution in [0.15, 0.2) is 48.6 Å². The molecule has 1 unspecified atom stereocenters. The summed E-state index contributed by atoms with van der Waals surface area (Å²) in [5.74, 6) is 2.15. The number of aryl methyl sites for hydroxylation is 1. The van der Waals surface area contributed by atoms with Crippen LogP contribution in [0.4, 0.5) is 5.69 Å². The van der Waals surface area contributed by atoms with Crippen molar-refractivity contribution >= 4 is 11.4 Å². The molecule has 2 aromatic rings. The Balaban J connectivity index is 1.83. The molecule has 1 heterocycles. The largest absolute Gasteiger partial charge is 0.497 e. The Hall–Kier alpha value is -2.72. The maximum Gasteiger partial charge on any atom is 0.123 e. The molecule has 0 saturated heterocycles. The third kappa shape index (κ3) is 6.42. The van der Waals surface area contributed by atoms with E-state index in [1.807, 2.05) is 13.1 Å². The van der Waals surface area contributed by atoms with Crippen LogP contribution in [-0.2, 0) is 6.42 Å². The van der Waals surface area contributed by atoms with E-state index >= 15 is 0 Å². The number of hydrogen-bond acceptors (Lipinski definition) is 4. The molecule has 1 aliphatic rings. The number of nitrogens with one attached hydrogen (secondary N) is 2. The lowest BCUT2D eigenvalue weighted by molar-refractivity contribution is 0.394. The highest BCUT2D eigenvalue weighted by Crippen LogP contribution is 2.37. The van der Waals surface area contributed by atoms with Crippen molar-refractivity contribution in [3.05, 3.63) is 70.8 Å². The van der Waals surface area contributed by atoms with Gasteiger partial charge in [0.15, 0.2) is 0 Å². The zero-order valence-corrected chi connectivity index (χ0v) is 21.0. The Labute approximate surface area is 200 Å². The predicted molar refractivity (Wildman–Crippen MR) is 141 cm³/mol. The van der Waals surface area contributed by atoms with Crippen molar-refractivity contribution in [2.75, 3.05) is 33.1 Å². The molecule has 0 bridgehead atoms. The molecular formula is C29H40N2O2. The van der Waals surface area contributed by atoms with Crippen LogP contribution in [0.1, 0.15) is 67.2 Å². The van der Waals surface area contributed by atoms with E-state index in [1.54, 1.807) is 14.2 Å². The van der Waals surface area contributed by atoms with Gasteiger partial charge in [-0.15, -0.1) is 0 Å². The minimum absolute atomic E-state index is 0.554. The normalized spacial score (nSPS) is 13.5. The second kappa shape index (κ2) is 11.9. The quantitative estimate of drug-likeness (QED) is 0.348. The molecule has 0 aromatic heterocycles. The van der Waals surface area contributed by atoms with E-state index in [1.165, 1.54) is 40.8 Å². The number of anilines is 1. The van der Waals surface area contributed by atoms with Crippen molar-refractivity contribution in [1.29, 1.82) is 0 Å². The molecule has 1 atom stereocenters. The van der Waals surface area contributed by atoms with E-state index in [-0.39, 0.29) is 0 Å². The SMILES string of the molecule is C=C(CCNC)CCC(CCC)c1cc(C)c2c(c1)NC(c1cc(OC)cc(OC)c1)=CC2. The van der Waals surface area contributed by atoms with Crippen LogP contribution in [0.3, 0.4) is 0 Å². The number of ether oxygens (including phenoxy) is 2. The van der Waals surface area contributed by atoms with Gasteiger partial charge in [0.1, 0.15) is 11.5 Å². The van der Waals surface area contributed by atoms with Gasteiger partial charge in [0.25, 0.3) is 0 Å². The molecule has 0 spiro atoms. The highest BCUT2D eigenvalue weighted by molar-refractivity contribution is 5.83. The third-order valence-corrected chi connectivity index (χ3v) is 6.62. The van der Waals surface area contributed by atoms with Gasteiger partial charge in [-0.05, 0) is 93.4 Å². The van der Waals surface area contributed by atoms with Gasteiger partial charge in [0.2, 0.25) is 0 Å². The summed E-state index contributed by atoms with van der Waals surface area (Å²) in [5, 5.41) is 6.94. The molecule has 4 nitrogen and oxygen atoms in total. The molecular weight excluding hydrogens is 408 g/mol. The molecule has 2 N–H and O–H groups in total. The summed E-state index contributed by atoms with van der Waals surface area (Å²) < 4.78 is 11.0. The van der Waals surface area contributed by atoms with Crippen LogP contribution in [0, 0.1) is 6.92 Å². The van der Waals surface area contributed by atoms with Crippen LogP contribution in [0.5, 0.6) is 11.5 Å². The van der Waals surface area contributed by atoms with Gasteiger partial charge in [-0.3, -0.25) is 0 Å². The molecule has 4 heteroatoms. The van der Waals surface area contributed by atoms with Crippen LogP contribution >= 0.6 is 0 Å². The van der Waals surface area contributed by atoms with Crippen molar-refractivity contribution < 1.29 is 9.47 Å². The highest BCUT2D eigenvalue weighted by Gasteiger charge is 2.19. The van der Waals surface area contributed by atoms with Crippen LogP contribution < -0.4 is 20.1 Å². The Kier molecular flexibility index (Phi) is 9.02. The van der Waals surface area contributed by atoms with Crippen LogP contribution in [-0.4, -0.2) is 27.8 Å². The van der Waals surface area contributed by atoms with E-state index in [0.29, 0.717) is 5.92 Å². The zero-order chi connectivity index (χ0) is 23.8. The van der Waals surface area contributed by atoms with Crippen molar-refractivity contribution in [3.8, 4) is 11.5 Å². The van der Waals surface area contributed by atoms with Crippen molar-refractivity contribution in [2.24, 2.45) is 0 Å². The summed E-state index contributed by atoms with van der Waals surface area (Å²) in [5.41, 5.74) is 8.92. The minimum Gasteiger partial charge on any atom is -0.497 e. The van der Waals surface area contributed by atoms with Crippen LogP contribution in [0.25, 0.3) is 5.70 Å². The average Bonchev–Trinajstić information content (AvgIpc) is 2.84. The summed E-state index contributed by atoms with van der Waals surface area (Å²) >= 11 is 0. The van der Waals surface area contributed by atoms with Gasteiger partial charge in [-0.1, -0.05) is 37.6 Å². The zero-order valence-electron chi connectivity index (χ0n) is 21.0. The lowest BCUT2D eigenvalue weighted by atomic mass is 9.85. The van der Waals surface area contributed by atoms with E-state index < -0.39 is 0 Å². The maximum atomic E-state index is 5.48. The van der Waals surface area contributed by atoms with Gasteiger partial charge in [0, 0.05) is 23.0 Å². The average molecular weight is 449 g/mol. The molecule has 0 radical (unpaired) electrons. The van der Waals surface area contributed by atoms with Crippen molar-refractivity contribution in [3.63, 3.8) is 0 Å². The Morgan fingerprint density at radius 2 is 1.79 bits per heavy atom. The Bertz CT molecular complexity index is 971. The number of methoxy groups -OCH3 is 2. The van der Waals surface area contributed by atoms with E-state index in [9.17, 15) is 0 Å². The molecule has 0 saturated carbocycles. The standard InChI is InChI=1S/C29H40N2O2/c1-7-8-22(10-9-20(2)13-14-30-4)23-15-21(3)27-11-12-28(31-29(27)18-23)24-16-25(32-5)19-26(17-24)33-6/h12,15-19,22,30-31H,2,7-11,13-14H2,1,3-6H3. The number of benzene rings is 2. The smallest absolute Gasteiger partial charge is 0.123 e. The summed E-state index contributed by atoms with van der Waals surface area (Å²) in [6.07, 6.45) is 8.87. The van der Waals surface area contributed by atoms with Gasteiger partial charge in [0.05, 0.1) is 14.2 Å². The van der Waals surface area contributed by atoms with Gasteiger partial charge >= 0.3 is 0 Å². The summed E-state index contributed by atoms with van der Waals surface area (Å²) in [6, 6.07) is 10.8. The van der Waals surface area contributed by atoms with E-state index in [2.05, 4.69) is 61.4 Å². The fraction of sp³-hybridized carbons (Fsp3) is 0.448. The predicted octanol–water partition coefficient (Wildman–Crippen LogP) is 6.85. The van der Waals surface area contributed by atoms with E-state index in [0.717, 1.165) is 55.0 Å². The molecule has 1 aliphatic heterocycles. The molecule has 0 aliphatic carbocycles. The van der Waals surface area contributed by atoms with Crippen molar-refractivity contribution in [1.82, 2.24) is 5.32 Å². The first kappa shape index (κ1) is 24.9. The fourth-order valence-electron chi connectivity index (χ4n) is 4.65. The summed E-state index contributed by atoms with van der Waals surface area (Å²) in [7, 11) is 5.38. The van der Waals surface area contributed by atoms with Crippen molar-refractivity contribution in [2.45, 2.75) is 58.3 Å². The molecule has 2 aromatic carbocycles. The highest BCUT2D eigenvalue weighted by atomic mass is 16.5. The maximum absolute atomic E-state index is 5.48. The Morgan fingerprint density at radius 1 is 1.06 bits per heavy atom. The second-order valence-electron chi connectivity index (χ2n) is 9.04. The number of hydrogen-bond donors (Lipinski definition) is 2. The van der Waals surface area contributed by atoms with Gasteiger partial charge in [-0.2, -0.15) is 0 Å². The van der Waals surface area contributed by atoms with Crippen LogP contribution in [0.2, 0.25) is 0 Å². The lowest BCUT2D eigenvalue weighted by Gasteiger charge is -2.25. The first-order valence-electron chi connectivity index (χ1n) is 12.1. The topological polar surface area (TPSA) is 42.5 Å². The molecule has 178 valence electrons. The summed E-state index contributed by atoms with van der Waals surface area (Å²) in [4.78, 5) is 0. The minimum atomic E-state index is 0.554. The third-order valence-electron chi connectivity index (χ3n) is 6.62. The first-order valence-corrected chi connectivity index (χ1v) is 12.1.